The molecule has 2 rings (SSSR count). The summed E-state index contributed by atoms with van der Waals surface area (Å²) in [5, 5.41) is 20.3. The van der Waals surface area contributed by atoms with Crippen molar-refractivity contribution < 1.29 is 14.8 Å². The molecule has 1 heterocycles. The number of carboxylic acids is 1. The Balaban J connectivity index is 2.43. The Labute approximate surface area is 122 Å². The first kappa shape index (κ1) is 15.2. The van der Waals surface area contributed by atoms with Crippen molar-refractivity contribution in [3.05, 3.63) is 33.9 Å². The van der Waals surface area contributed by atoms with Gasteiger partial charge in [0.05, 0.1) is 10.5 Å². The van der Waals surface area contributed by atoms with Gasteiger partial charge in [0.2, 0.25) is 0 Å². The van der Waals surface area contributed by atoms with Gasteiger partial charge in [-0.1, -0.05) is 0 Å². The predicted octanol–water partition coefficient (Wildman–Crippen LogP) is 1.82. The van der Waals surface area contributed by atoms with E-state index in [0.29, 0.717) is 18.8 Å². The Kier molecular flexibility index (Phi) is 3.87. The van der Waals surface area contributed by atoms with E-state index in [1.165, 1.54) is 18.2 Å². The normalized spacial score (nSPS) is 18.5. The van der Waals surface area contributed by atoms with Crippen LogP contribution in [0.2, 0.25) is 0 Å². The largest absolute Gasteiger partial charge is 0.478 e. The van der Waals surface area contributed by atoms with Gasteiger partial charge in [-0.05, 0) is 33.0 Å². The summed E-state index contributed by atoms with van der Waals surface area (Å²) in [6, 6.07) is 3.93. The molecule has 0 bridgehead atoms. The topological polar surface area (TPSA) is 86.9 Å². The molecule has 1 aliphatic rings. The molecule has 0 spiro atoms. The second-order valence-electron chi connectivity index (χ2n) is 5.92. The molecule has 1 aromatic rings. The maximum Gasteiger partial charge on any atom is 0.335 e. The lowest BCUT2D eigenvalue weighted by Crippen LogP contribution is -2.57. The van der Waals surface area contributed by atoms with E-state index < -0.39 is 10.9 Å². The van der Waals surface area contributed by atoms with Crippen LogP contribution in [-0.4, -0.2) is 53.1 Å². The Morgan fingerprint density at radius 3 is 2.57 bits per heavy atom. The number of aromatic carboxylic acids is 1. The van der Waals surface area contributed by atoms with E-state index in [1.807, 2.05) is 11.9 Å². The highest BCUT2D eigenvalue weighted by Gasteiger charge is 2.33. The SMILES string of the molecule is CN1CCN(c2cc(C(=O)O)ccc2[N+](=O)[O-])CC1(C)C. The van der Waals surface area contributed by atoms with E-state index in [2.05, 4.69) is 18.7 Å². The number of hydrogen-bond acceptors (Lipinski definition) is 5. The number of carbonyl (C=O) groups is 1. The van der Waals surface area contributed by atoms with E-state index in [1.54, 1.807) is 0 Å². The zero-order valence-electron chi connectivity index (χ0n) is 12.4. The highest BCUT2D eigenvalue weighted by atomic mass is 16.6. The molecule has 0 aromatic heterocycles. The summed E-state index contributed by atoms with van der Waals surface area (Å²) in [6.45, 7) is 6.12. The number of nitro benzene ring substituents is 1. The molecule has 7 heteroatoms. The molecule has 21 heavy (non-hydrogen) atoms. The number of nitro groups is 1. The van der Waals surface area contributed by atoms with E-state index >= 15 is 0 Å². The van der Waals surface area contributed by atoms with E-state index in [4.69, 9.17) is 5.11 Å². The van der Waals surface area contributed by atoms with Gasteiger partial charge in [-0.25, -0.2) is 4.79 Å². The molecule has 1 saturated heterocycles. The van der Waals surface area contributed by atoms with Crippen LogP contribution in [0.3, 0.4) is 0 Å². The highest BCUT2D eigenvalue weighted by molar-refractivity contribution is 5.90. The van der Waals surface area contributed by atoms with Crippen molar-refractivity contribution in [2.45, 2.75) is 19.4 Å². The number of anilines is 1. The molecular weight excluding hydrogens is 274 g/mol. The molecule has 0 saturated carbocycles. The van der Waals surface area contributed by atoms with Crippen LogP contribution in [0.25, 0.3) is 0 Å². The van der Waals surface area contributed by atoms with Gasteiger partial charge in [0.15, 0.2) is 0 Å². The molecule has 1 aromatic carbocycles. The molecule has 0 amide bonds. The molecule has 1 fully saturated rings. The van der Waals surface area contributed by atoms with Crippen LogP contribution in [-0.2, 0) is 0 Å². The predicted molar refractivity (Wildman–Crippen MR) is 79.0 cm³/mol. The molecule has 114 valence electrons. The second kappa shape index (κ2) is 5.33. The highest BCUT2D eigenvalue weighted by Crippen LogP contribution is 2.32. The van der Waals surface area contributed by atoms with Crippen molar-refractivity contribution in [1.82, 2.24) is 4.90 Å². The lowest BCUT2D eigenvalue weighted by Gasteiger charge is -2.46. The summed E-state index contributed by atoms with van der Waals surface area (Å²) in [6.07, 6.45) is 0. The van der Waals surface area contributed by atoms with E-state index in [-0.39, 0.29) is 16.8 Å². The van der Waals surface area contributed by atoms with Crippen LogP contribution in [0.5, 0.6) is 0 Å². The van der Waals surface area contributed by atoms with Gasteiger partial charge < -0.3 is 10.0 Å². The first-order chi connectivity index (χ1) is 9.72. The molecule has 0 aliphatic carbocycles. The fraction of sp³-hybridized carbons (Fsp3) is 0.500. The Bertz CT molecular complexity index is 586. The minimum absolute atomic E-state index is 0.0552. The summed E-state index contributed by atoms with van der Waals surface area (Å²) in [5.41, 5.74) is 0.250. The van der Waals surface area contributed by atoms with Gasteiger partial charge in [-0.3, -0.25) is 15.0 Å². The number of likely N-dealkylation sites (N-methyl/N-ethyl adjacent to an activating group) is 1. The summed E-state index contributed by atoms with van der Waals surface area (Å²) >= 11 is 0. The van der Waals surface area contributed by atoms with Crippen molar-refractivity contribution in [3.8, 4) is 0 Å². The maximum atomic E-state index is 11.2. The van der Waals surface area contributed by atoms with Gasteiger partial charge in [-0.2, -0.15) is 0 Å². The fourth-order valence-electron chi connectivity index (χ4n) is 2.51. The Morgan fingerprint density at radius 1 is 1.38 bits per heavy atom. The molecule has 1 aliphatic heterocycles. The van der Waals surface area contributed by atoms with Crippen LogP contribution < -0.4 is 4.90 Å². The Hall–Kier alpha value is -2.15. The van der Waals surface area contributed by atoms with Crippen molar-refractivity contribution in [3.63, 3.8) is 0 Å². The van der Waals surface area contributed by atoms with Crippen LogP contribution in [0.4, 0.5) is 11.4 Å². The van der Waals surface area contributed by atoms with Crippen molar-refractivity contribution in [2.75, 3.05) is 31.6 Å². The van der Waals surface area contributed by atoms with Crippen LogP contribution in [0, 0.1) is 10.1 Å². The average Bonchev–Trinajstić information content (AvgIpc) is 2.41. The molecule has 0 atom stereocenters. The van der Waals surface area contributed by atoms with Gasteiger partial charge in [-0.15, -0.1) is 0 Å². The molecule has 7 nitrogen and oxygen atoms in total. The smallest absolute Gasteiger partial charge is 0.335 e. The Morgan fingerprint density at radius 2 is 2.05 bits per heavy atom. The number of hydrogen-bond donors (Lipinski definition) is 1. The zero-order chi connectivity index (χ0) is 15.8. The van der Waals surface area contributed by atoms with Gasteiger partial charge in [0, 0.05) is 31.2 Å². The third-order valence-electron chi connectivity index (χ3n) is 4.08. The number of carboxylic acid groups (broad SMARTS) is 1. The third-order valence-corrected chi connectivity index (χ3v) is 4.08. The van der Waals surface area contributed by atoms with Crippen LogP contribution in [0.15, 0.2) is 18.2 Å². The lowest BCUT2D eigenvalue weighted by atomic mass is 9.98. The number of piperazine rings is 1. The summed E-state index contributed by atoms with van der Waals surface area (Å²) < 4.78 is 0. The lowest BCUT2D eigenvalue weighted by molar-refractivity contribution is -0.384. The molecular formula is C14H19N3O4. The summed E-state index contributed by atoms with van der Waals surface area (Å²) in [4.78, 5) is 25.9. The van der Waals surface area contributed by atoms with Crippen molar-refractivity contribution in [1.29, 1.82) is 0 Å². The van der Waals surface area contributed by atoms with Gasteiger partial charge in [0.25, 0.3) is 5.69 Å². The first-order valence-electron chi connectivity index (χ1n) is 6.70. The number of benzene rings is 1. The van der Waals surface area contributed by atoms with E-state index in [9.17, 15) is 14.9 Å². The molecule has 0 radical (unpaired) electrons. The number of rotatable bonds is 3. The summed E-state index contributed by atoms with van der Waals surface area (Å²) in [5.74, 6) is -1.08. The minimum atomic E-state index is -1.08. The third kappa shape index (κ3) is 2.97. The van der Waals surface area contributed by atoms with Crippen molar-refractivity contribution in [2.24, 2.45) is 0 Å². The minimum Gasteiger partial charge on any atom is -0.478 e. The van der Waals surface area contributed by atoms with Crippen molar-refractivity contribution >= 4 is 17.3 Å². The monoisotopic (exact) mass is 293 g/mol. The standard InChI is InChI=1S/C14H19N3O4/c1-14(2)9-16(7-6-15(14)3)12-8-10(13(18)19)4-5-11(12)17(20)21/h4-5,8H,6-7,9H2,1-3H3,(H,18,19). The fourth-order valence-corrected chi connectivity index (χ4v) is 2.51. The van der Waals surface area contributed by atoms with Gasteiger partial charge >= 0.3 is 5.97 Å². The molecule has 0 unspecified atom stereocenters. The maximum absolute atomic E-state index is 11.2. The molecule has 1 N–H and O–H groups in total. The van der Waals surface area contributed by atoms with Crippen LogP contribution in [0.1, 0.15) is 24.2 Å². The van der Waals surface area contributed by atoms with Crippen LogP contribution >= 0.6 is 0 Å². The number of nitrogens with zero attached hydrogens (tertiary/aromatic N) is 3. The first-order valence-corrected chi connectivity index (χ1v) is 6.70. The zero-order valence-corrected chi connectivity index (χ0v) is 12.4. The average molecular weight is 293 g/mol. The second-order valence-corrected chi connectivity index (χ2v) is 5.92. The summed E-state index contributed by atoms with van der Waals surface area (Å²) in [7, 11) is 2.01. The van der Waals surface area contributed by atoms with Gasteiger partial charge in [0.1, 0.15) is 5.69 Å². The van der Waals surface area contributed by atoms with E-state index in [0.717, 1.165) is 6.54 Å². The quantitative estimate of drug-likeness (QED) is 0.675.